The predicted molar refractivity (Wildman–Crippen MR) is 230 cm³/mol. The number of likely N-dealkylation sites (tertiary alicyclic amines) is 1. The van der Waals surface area contributed by atoms with Crippen LogP contribution in [0.2, 0.25) is 0 Å². The minimum Gasteiger partial charge on any atom is -0.393 e. The average Bonchev–Trinajstić information content (AvgIpc) is 3.64. The maximum absolute atomic E-state index is 11.9. The van der Waals surface area contributed by atoms with Crippen molar-refractivity contribution in [2.24, 2.45) is 0 Å². The van der Waals surface area contributed by atoms with Gasteiger partial charge in [0.25, 0.3) is 0 Å². The molecule has 9 nitrogen and oxygen atoms in total. The molecule has 6 aromatic rings. The van der Waals surface area contributed by atoms with Gasteiger partial charge in [0, 0.05) is 98.1 Å². The summed E-state index contributed by atoms with van der Waals surface area (Å²) in [5.74, 6) is 0.193. The number of aryl methyl sites for hydroxylation is 2. The number of benzene rings is 4. The largest absolute Gasteiger partial charge is 0.393 e. The highest BCUT2D eigenvalue weighted by Gasteiger charge is 2.18. The number of carbonyl (C=O) groups excluding carboxylic acids is 4. The summed E-state index contributed by atoms with van der Waals surface area (Å²) >= 11 is 0. The molecule has 0 saturated carbocycles. The van der Waals surface area contributed by atoms with Crippen LogP contribution in [0, 0.1) is 0 Å². The van der Waals surface area contributed by atoms with Gasteiger partial charge in [-0.25, -0.2) is 0 Å². The van der Waals surface area contributed by atoms with Crippen LogP contribution in [0.1, 0.15) is 116 Å². The summed E-state index contributed by atoms with van der Waals surface area (Å²) in [6.45, 7) is 16.2. The van der Waals surface area contributed by atoms with Crippen LogP contribution in [0.25, 0.3) is 43.6 Å². The molecule has 0 aliphatic carbocycles. The number of ketones is 4. The number of piperidine rings is 1. The van der Waals surface area contributed by atoms with Crippen molar-refractivity contribution in [3.8, 4) is 0 Å². The topological polar surface area (TPSA) is 114 Å². The molecule has 296 valence electrons. The molecule has 56 heavy (non-hydrogen) atoms. The van der Waals surface area contributed by atoms with E-state index in [4.69, 9.17) is 0 Å². The number of hydrogen-bond acceptors (Lipinski definition) is 7. The highest BCUT2D eigenvalue weighted by atomic mass is 16.3. The minimum absolute atomic E-state index is 0. The summed E-state index contributed by atoms with van der Waals surface area (Å²) < 4.78 is 4.60. The van der Waals surface area contributed by atoms with E-state index in [1.54, 1.807) is 27.7 Å². The van der Waals surface area contributed by atoms with E-state index >= 15 is 0 Å². The molecule has 0 amide bonds. The van der Waals surface area contributed by atoms with E-state index in [1.165, 1.54) is 0 Å². The Kier molecular flexibility index (Phi) is 13.8. The van der Waals surface area contributed by atoms with Gasteiger partial charge >= 0.3 is 0 Å². The molecule has 7 rings (SSSR count). The number of aliphatic hydroxyl groups excluding tert-OH is 1. The fraction of sp³-hybridized carbons (Fsp3) is 0.404. The van der Waals surface area contributed by atoms with Crippen LogP contribution in [0.15, 0.2) is 72.8 Å². The monoisotopic (exact) mass is 758 g/mol. The molecule has 2 N–H and O–H groups in total. The zero-order chi connectivity index (χ0) is 39.4. The molecule has 1 fully saturated rings. The summed E-state index contributed by atoms with van der Waals surface area (Å²) in [6, 6.07) is 23.9. The first kappa shape index (κ1) is 42.2. The number of carbonyl (C=O) groups is 4. The lowest BCUT2D eigenvalue weighted by atomic mass is 10.0. The molecule has 9 heteroatoms. The minimum atomic E-state index is -0.144. The van der Waals surface area contributed by atoms with Gasteiger partial charge in [-0.05, 0) is 139 Å². The summed E-state index contributed by atoms with van der Waals surface area (Å²) in [7, 11) is 0. The Morgan fingerprint density at radius 3 is 1.25 bits per heavy atom. The fourth-order valence-electron chi connectivity index (χ4n) is 7.79. The van der Waals surface area contributed by atoms with Crippen molar-refractivity contribution in [3.63, 3.8) is 0 Å². The number of rotatable bonds is 13. The second-order valence-electron chi connectivity index (χ2n) is 15.3. The van der Waals surface area contributed by atoms with Crippen LogP contribution >= 0.6 is 0 Å². The highest BCUT2D eigenvalue weighted by molar-refractivity contribution is 6.14. The second-order valence-corrected chi connectivity index (χ2v) is 15.3. The third-order valence-electron chi connectivity index (χ3n) is 10.9. The molecular weight excluding hydrogens is 701 g/mol. The SMILES string of the molecule is C.CC(=O)c1ccc2c(c1)c1cc(C(C)=O)ccc1n2CCCN1CCC(O)CC1.CC(=O)c1ccc2c(c1)c1cc(C(C)=O)ccc1n2CCCNC(C)C. The van der Waals surface area contributed by atoms with Crippen LogP contribution in [0.3, 0.4) is 0 Å². The van der Waals surface area contributed by atoms with Crippen molar-refractivity contribution in [1.29, 1.82) is 0 Å². The highest BCUT2D eigenvalue weighted by Crippen LogP contribution is 2.33. The Morgan fingerprint density at radius 1 is 0.589 bits per heavy atom. The number of nitrogens with zero attached hydrogens (tertiary/aromatic N) is 3. The van der Waals surface area contributed by atoms with Crippen molar-refractivity contribution < 1.29 is 24.3 Å². The summed E-state index contributed by atoms with van der Waals surface area (Å²) in [5, 5.41) is 17.3. The molecule has 0 spiro atoms. The van der Waals surface area contributed by atoms with E-state index in [1.807, 2.05) is 72.8 Å². The number of nitrogens with one attached hydrogen (secondary N) is 1. The first-order chi connectivity index (χ1) is 26.3. The lowest BCUT2D eigenvalue weighted by Crippen LogP contribution is -2.36. The van der Waals surface area contributed by atoms with Crippen LogP contribution in [0.5, 0.6) is 0 Å². The fourth-order valence-corrected chi connectivity index (χ4v) is 7.79. The van der Waals surface area contributed by atoms with E-state index in [9.17, 15) is 24.3 Å². The Bertz CT molecular complexity index is 2250. The van der Waals surface area contributed by atoms with Gasteiger partial charge in [0.1, 0.15) is 0 Å². The molecule has 1 saturated heterocycles. The van der Waals surface area contributed by atoms with E-state index in [0.29, 0.717) is 28.3 Å². The lowest BCUT2D eigenvalue weighted by Gasteiger charge is -2.29. The van der Waals surface area contributed by atoms with Crippen LogP contribution in [0.4, 0.5) is 0 Å². The molecule has 0 radical (unpaired) electrons. The summed E-state index contributed by atoms with van der Waals surface area (Å²) in [4.78, 5) is 49.8. The molecule has 0 bridgehead atoms. The summed E-state index contributed by atoms with van der Waals surface area (Å²) in [6.07, 6.45) is 3.60. The van der Waals surface area contributed by atoms with Gasteiger partial charge in [-0.3, -0.25) is 19.2 Å². The number of fused-ring (bicyclic) bond motifs is 6. The third-order valence-corrected chi connectivity index (χ3v) is 10.9. The van der Waals surface area contributed by atoms with Crippen LogP contribution in [-0.2, 0) is 13.1 Å². The van der Waals surface area contributed by atoms with Gasteiger partial charge in [-0.15, -0.1) is 0 Å². The van der Waals surface area contributed by atoms with Crippen molar-refractivity contribution in [3.05, 3.63) is 95.1 Å². The summed E-state index contributed by atoms with van der Waals surface area (Å²) in [5.41, 5.74) is 7.19. The van der Waals surface area contributed by atoms with E-state index in [-0.39, 0.29) is 36.7 Å². The number of hydrogen-bond donors (Lipinski definition) is 2. The van der Waals surface area contributed by atoms with Crippen molar-refractivity contribution >= 4 is 66.7 Å². The maximum Gasteiger partial charge on any atom is 0.159 e. The normalized spacial score (nSPS) is 13.6. The Balaban J connectivity index is 0.000000212. The predicted octanol–water partition coefficient (Wildman–Crippen LogP) is 9.27. The number of aliphatic hydroxyl groups is 1. The molecule has 1 aliphatic rings. The third kappa shape index (κ3) is 9.35. The zero-order valence-corrected chi connectivity index (χ0v) is 33.1. The Morgan fingerprint density at radius 2 is 0.929 bits per heavy atom. The van der Waals surface area contributed by atoms with Crippen LogP contribution in [-0.4, -0.2) is 80.6 Å². The van der Waals surface area contributed by atoms with Gasteiger partial charge in [-0.1, -0.05) is 21.3 Å². The van der Waals surface area contributed by atoms with E-state index < -0.39 is 0 Å². The Hall–Kier alpha value is -4.96. The standard InChI is InChI=1S/C24H28N2O3.C22H26N2O2.CH4/c1-16(27)18-4-6-23-21(14-18)22-15-19(17(2)28)5-7-24(22)26(23)11-3-10-25-12-8-20(29)9-13-25;1-14(2)23-10-5-11-24-21-8-6-17(15(3)25)12-19(21)20-13-18(16(4)26)7-9-22(20)24;/h4-7,14-15,20,29H,3,8-13H2,1-2H3;6-9,12-14,23H,5,10-11H2,1-4H3;1H4. The second kappa shape index (κ2) is 18.3. The van der Waals surface area contributed by atoms with Gasteiger partial charge in [0.2, 0.25) is 0 Å². The zero-order valence-electron chi connectivity index (χ0n) is 33.1. The molecule has 2 aromatic heterocycles. The van der Waals surface area contributed by atoms with E-state index in [0.717, 1.165) is 109 Å². The van der Waals surface area contributed by atoms with Crippen molar-refractivity contribution in [1.82, 2.24) is 19.4 Å². The molecule has 4 aromatic carbocycles. The Labute approximate surface area is 330 Å². The quantitative estimate of drug-likeness (QED) is 0.0892. The van der Waals surface area contributed by atoms with Crippen molar-refractivity contribution in [2.75, 3.05) is 26.2 Å². The first-order valence-electron chi connectivity index (χ1n) is 19.6. The van der Waals surface area contributed by atoms with Gasteiger partial charge in [-0.2, -0.15) is 0 Å². The van der Waals surface area contributed by atoms with Gasteiger partial charge in [0.15, 0.2) is 23.1 Å². The smallest absolute Gasteiger partial charge is 0.159 e. The molecule has 0 atom stereocenters. The molecule has 0 unspecified atom stereocenters. The van der Waals surface area contributed by atoms with Gasteiger partial charge in [0.05, 0.1) is 6.10 Å². The molecular formula is C47H58N4O5. The first-order valence-corrected chi connectivity index (χ1v) is 19.6. The lowest BCUT2D eigenvalue weighted by molar-refractivity contribution is 0.0816. The molecule has 3 heterocycles. The number of Topliss-reactive ketones (excluding diaryl/α,β-unsaturated/α-hetero) is 4. The van der Waals surface area contributed by atoms with E-state index in [2.05, 4.69) is 33.2 Å². The maximum atomic E-state index is 11.9. The molecule has 1 aliphatic heterocycles. The van der Waals surface area contributed by atoms with Gasteiger partial charge < -0.3 is 24.5 Å². The van der Waals surface area contributed by atoms with Crippen LogP contribution < -0.4 is 5.32 Å². The number of aromatic nitrogens is 2. The average molecular weight is 759 g/mol. The van der Waals surface area contributed by atoms with Crippen molar-refractivity contribution in [2.45, 2.75) is 99.9 Å².